The van der Waals surface area contributed by atoms with Crippen LogP contribution in [0.3, 0.4) is 0 Å². The van der Waals surface area contributed by atoms with Gasteiger partial charge in [-0.05, 0) is 49.2 Å². The average molecular weight is 621 g/mol. The molecule has 45 heavy (non-hydrogen) atoms. The van der Waals surface area contributed by atoms with E-state index in [1.807, 2.05) is 6.92 Å². The molecule has 13 nitrogen and oxygen atoms in total. The molecular formula is C30H30F2N8O5. The number of nitrogens with two attached hydrogens (primary N) is 1. The Morgan fingerprint density at radius 2 is 1.93 bits per heavy atom. The van der Waals surface area contributed by atoms with Gasteiger partial charge in [-0.2, -0.15) is 9.65 Å². The first kappa shape index (κ1) is 32.3. The van der Waals surface area contributed by atoms with Gasteiger partial charge in [-0.1, -0.05) is 6.92 Å². The summed E-state index contributed by atoms with van der Waals surface area (Å²) in [6.07, 6.45) is 4.15. The summed E-state index contributed by atoms with van der Waals surface area (Å²) in [4.78, 5) is 44.1. The number of aromatic nitrogens is 3. The van der Waals surface area contributed by atoms with Gasteiger partial charge in [-0.3, -0.25) is 18.8 Å². The van der Waals surface area contributed by atoms with Crippen LogP contribution >= 0.6 is 0 Å². The van der Waals surface area contributed by atoms with Gasteiger partial charge in [0.25, 0.3) is 12.4 Å². The third-order valence-electron chi connectivity index (χ3n) is 6.83. The summed E-state index contributed by atoms with van der Waals surface area (Å²) in [5, 5.41) is 17.1. The van der Waals surface area contributed by atoms with E-state index in [1.165, 1.54) is 31.5 Å². The third-order valence-corrected chi connectivity index (χ3v) is 6.83. The number of aryl methyl sites for hydroxylation is 1. The maximum absolute atomic E-state index is 15.0. The van der Waals surface area contributed by atoms with Crippen molar-refractivity contribution in [2.45, 2.75) is 32.4 Å². The fourth-order valence-electron chi connectivity index (χ4n) is 4.44. The maximum atomic E-state index is 15.0. The molecule has 0 saturated carbocycles. The van der Waals surface area contributed by atoms with Gasteiger partial charge in [-0.15, -0.1) is 0 Å². The van der Waals surface area contributed by atoms with Crippen molar-refractivity contribution < 1.29 is 32.6 Å². The number of anilines is 2. The van der Waals surface area contributed by atoms with Gasteiger partial charge in [0.05, 0.1) is 11.9 Å². The summed E-state index contributed by atoms with van der Waals surface area (Å²) in [6, 6.07) is 8.37. The molecule has 5 N–H and O–H groups in total. The van der Waals surface area contributed by atoms with Crippen LogP contribution in [0.2, 0.25) is 0 Å². The molecule has 0 bridgehead atoms. The molecule has 0 spiro atoms. The van der Waals surface area contributed by atoms with Gasteiger partial charge in [0, 0.05) is 42.3 Å². The molecule has 0 saturated heterocycles. The summed E-state index contributed by atoms with van der Waals surface area (Å²) in [6.45, 7) is 3.44. The Morgan fingerprint density at radius 1 is 1.16 bits per heavy atom. The van der Waals surface area contributed by atoms with E-state index < -0.39 is 36.3 Å². The Balaban J connectivity index is 1.45. The molecule has 0 aliphatic carbocycles. The molecule has 2 aromatic heterocycles. The molecule has 15 heteroatoms. The fraction of sp³-hybridized carbons (Fsp3) is 0.267. The first-order valence-corrected chi connectivity index (χ1v) is 13.8. The van der Waals surface area contributed by atoms with Crippen molar-refractivity contribution in [3.05, 3.63) is 71.7 Å². The molecule has 0 aliphatic heterocycles. The van der Waals surface area contributed by atoms with E-state index in [4.69, 9.17) is 15.7 Å². The van der Waals surface area contributed by atoms with Crippen molar-refractivity contribution in [3.63, 3.8) is 0 Å². The van der Waals surface area contributed by atoms with Crippen LogP contribution in [0.5, 0.6) is 5.75 Å². The Morgan fingerprint density at radius 3 is 2.67 bits per heavy atom. The summed E-state index contributed by atoms with van der Waals surface area (Å²) < 4.78 is 40.7. The molecule has 2 atom stereocenters. The molecule has 234 valence electrons. The van der Waals surface area contributed by atoms with E-state index in [1.54, 1.807) is 34.9 Å². The number of nitrogens with one attached hydrogen (secondary N) is 3. The van der Waals surface area contributed by atoms with E-state index >= 15 is 0 Å². The van der Waals surface area contributed by atoms with Crippen LogP contribution in [0.25, 0.3) is 16.9 Å². The van der Waals surface area contributed by atoms with Crippen molar-refractivity contribution in [2.75, 3.05) is 25.0 Å². The number of nitrogens with zero attached hydrogens (tertiary/aromatic N) is 4. The number of benzene rings is 2. The zero-order valence-electron chi connectivity index (χ0n) is 24.3. The van der Waals surface area contributed by atoms with E-state index in [9.17, 15) is 23.2 Å². The lowest BCUT2D eigenvalue weighted by Crippen LogP contribution is -2.49. The van der Waals surface area contributed by atoms with Gasteiger partial charge in [-0.25, -0.2) is 14.4 Å². The highest BCUT2D eigenvalue weighted by Crippen LogP contribution is 2.32. The molecule has 2 amide bonds. The van der Waals surface area contributed by atoms with E-state index in [0.717, 1.165) is 5.56 Å². The van der Waals surface area contributed by atoms with Crippen LogP contribution in [0.1, 0.15) is 29.8 Å². The Bertz CT molecular complexity index is 1760. The average Bonchev–Trinajstić information content (AvgIpc) is 3.48. The molecule has 4 aromatic rings. The molecule has 4 rings (SSSR count). The minimum Gasteiger partial charge on any atom is -0.476 e. The Kier molecular flexibility index (Phi) is 10.6. The lowest BCUT2D eigenvalue weighted by atomic mass is 10.0. The minimum absolute atomic E-state index is 0.0611. The molecule has 0 fully saturated rings. The van der Waals surface area contributed by atoms with Gasteiger partial charge >= 0.3 is 0 Å². The number of nitriles is 1. The number of carbonyl (C=O) groups excluding carboxylic acids is 3. The predicted octanol–water partition coefficient (Wildman–Crippen LogP) is 2.62. The minimum atomic E-state index is -1.22. The quantitative estimate of drug-likeness (QED) is 0.121. The number of fused-ring (bicyclic) bond motifs is 1. The summed E-state index contributed by atoms with van der Waals surface area (Å²) >= 11 is 0. The highest BCUT2D eigenvalue weighted by molar-refractivity contribution is 5.96. The number of rotatable bonds is 14. The van der Waals surface area contributed by atoms with Crippen LogP contribution in [-0.2, 0) is 20.7 Å². The third kappa shape index (κ3) is 7.31. The smallest absolute Gasteiger partial charge is 0.293 e. The first-order chi connectivity index (χ1) is 21.7. The monoisotopic (exact) mass is 620 g/mol. The van der Waals surface area contributed by atoms with Crippen molar-refractivity contribution in [2.24, 2.45) is 5.73 Å². The fourth-order valence-corrected chi connectivity index (χ4v) is 4.44. The number of ether oxygens (including phenoxy) is 2. The number of hydrogen-bond acceptors (Lipinski definition) is 10. The predicted molar refractivity (Wildman–Crippen MR) is 158 cm³/mol. The highest BCUT2D eigenvalue weighted by atomic mass is 19.2. The van der Waals surface area contributed by atoms with Crippen molar-refractivity contribution in [1.29, 1.82) is 5.26 Å². The lowest BCUT2D eigenvalue weighted by Gasteiger charge is -2.17. The maximum Gasteiger partial charge on any atom is 0.293 e. The largest absolute Gasteiger partial charge is 0.476 e. The second-order valence-electron chi connectivity index (χ2n) is 9.66. The standard InChI is InChI=1S/C30H30F2N8O5/c1-3-18-14-19(4-5-20(18)29(42)36-9-10-37-30(43)26(34)17(2)45-16-41)39-27-28-38-15-22(40(28)12-11-35-27)21-6-7-23(44-13-8-33)25(32)24(21)31/h4-7,11-12,14-17,26H,3,9-10,13,34H2,1-2H3,(H,35,39)(H,36,42)(H,37,43)/t17-,26+/m1/s1. The second kappa shape index (κ2) is 14.7. The summed E-state index contributed by atoms with van der Waals surface area (Å²) in [5.74, 6) is -3.27. The van der Waals surface area contributed by atoms with Gasteiger partial charge < -0.3 is 31.2 Å². The zero-order chi connectivity index (χ0) is 32.5. The Hall–Kier alpha value is -5.62. The summed E-state index contributed by atoms with van der Waals surface area (Å²) in [5.41, 5.74) is 8.06. The number of imidazole rings is 1. The zero-order valence-corrected chi connectivity index (χ0v) is 24.3. The Labute approximate surface area is 256 Å². The molecule has 0 aliphatic rings. The van der Waals surface area contributed by atoms with Crippen LogP contribution < -0.4 is 26.4 Å². The van der Waals surface area contributed by atoms with Gasteiger partial charge in [0.15, 0.2) is 29.6 Å². The molecule has 2 aromatic carbocycles. The molecule has 2 heterocycles. The van der Waals surface area contributed by atoms with Crippen LogP contribution in [0.15, 0.2) is 48.9 Å². The SMILES string of the molecule is CCc1cc(Nc2nccn3c(-c4ccc(OCC#N)c(F)c4F)cnc23)ccc1C(=O)NCCNC(=O)[C@@H](N)[C@@H](C)OC=O. The van der Waals surface area contributed by atoms with Crippen molar-refractivity contribution in [1.82, 2.24) is 25.0 Å². The van der Waals surface area contributed by atoms with Crippen LogP contribution in [0, 0.1) is 23.0 Å². The first-order valence-electron chi connectivity index (χ1n) is 13.8. The van der Waals surface area contributed by atoms with Crippen LogP contribution in [-0.4, -0.2) is 64.5 Å². The molecular weight excluding hydrogens is 590 g/mol. The van der Waals surface area contributed by atoms with Crippen molar-refractivity contribution >= 4 is 35.4 Å². The number of amides is 2. The molecule has 0 unspecified atom stereocenters. The lowest BCUT2D eigenvalue weighted by molar-refractivity contribution is -0.136. The number of hydrogen-bond donors (Lipinski definition) is 4. The summed E-state index contributed by atoms with van der Waals surface area (Å²) in [7, 11) is 0. The van der Waals surface area contributed by atoms with Gasteiger partial charge in [0.2, 0.25) is 11.7 Å². The topological polar surface area (TPSA) is 186 Å². The highest BCUT2D eigenvalue weighted by Gasteiger charge is 2.22. The number of halogens is 2. The van der Waals surface area contributed by atoms with Gasteiger partial charge in [0.1, 0.15) is 18.2 Å². The van der Waals surface area contributed by atoms with E-state index in [0.29, 0.717) is 29.1 Å². The van der Waals surface area contributed by atoms with Crippen molar-refractivity contribution in [3.8, 4) is 23.1 Å². The molecule has 0 radical (unpaired) electrons. The van der Waals surface area contributed by atoms with E-state index in [-0.39, 0.29) is 42.5 Å². The second-order valence-corrected chi connectivity index (χ2v) is 9.66. The van der Waals surface area contributed by atoms with E-state index in [2.05, 4.69) is 30.7 Å². The number of carbonyl (C=O) groups is 3. The van der Waals surface area contributed by atoms with Crippen LogP contribution in [0.4, 0.5) is 20.3 Å². The normalized spacial score (nSPS) is 12.1.